The quantitative estimate of drug-likeness (QED) is 0.777. The third-order valence-corrected chi connectivity index (χ3v) is 3.84. The highest BCUT2D eigenvalue weighted by Crippen LogP contribution is 2.36. The van der Waals surface area contributed by atoms with E-state index in [1.54, 1.807) is 24.4 Å². The Kier molecular flexibility index (Phi) is 3.38. The maximum Gasteiger partial charge on any atom is 0.203 e. The fraction of sp³-hybridized carbons (Fsp3) is 0.0588. The van der Waals surface area contributed by atoms with Gasteiger partial charge in [-0.15, -0.1) is 0 Å². The predicted octanol–water partition coefficient (Wildman–Crippen LogP) is 2.51. The number of benzene rings is 1. The Labute approximate surface area is 140 Å². The number of nitrogen functional groups attached to an aromatic ring is 1. The van der Waals surface area contributed by atoms with Crippen LogP contribution in [0.15, 0.2) is 47.6 Å². The molecule has 6 nitrogen and oxygen atoms in total. The summed E-state index contributed by atoms with van der Waals surface area (Å²) in [6, 6.07) is 8.25. The Hall–Kier alpha value is -3.42. The number of halogens is 2. The Bertz CT molecular complexity index is 1030. The van der Waals surface area contributed by atoms with Gasteiger partial charge in [-0.05, 0) is 24.3 Å². The van der Waals surface area contributed by atoms with Gasteiger partial charge in [0.2, 0.25) is 5.78 Å². The van der Waals surface area contributed by atoms with Crippen LogP contribution in [0.1, 0.15) is 5.56 Å². The summed E-state index contributed by atoms with van der Waals surface area (Å²) in [5.41, 5.74) is 6.80. The second kappa shape index (κ2) is 5.59. The number of aromatic nitrogens is 3. The number of ketones is 1. The van der Waals surface area contributed by atoms with Crippen LogP contribution in [-0.4, -0.2) is 26.3 Å². The number of rotatable bonds is 2. The van der Waals surface area contributed by atoms with Gasteiger partial charge < -0.3 is 5.73 Å². The van der Waals surface area contributed by atoms with Crippen LogP contribution < -0.4 is 5.73 Å². The van der Waals surface area contributed by atoms with Crippen molar-refractivity contribution in [3.63, 3.8) is 0 Å². The fourth-order valence-corrected chi connectivity index (χ4v) is 2.72. The zero-order valence-corrected chi connectivity index (χ0v) is 12.8. The third kappa shape index (κ3) is 2.47. The molecule has 0 atom stereocenters. The summed E-state index contributed by atoms with van der Waals surface area (Å²) >= 11 is 0. The smallest absolute Gasteiger partial charge is 0.203 e. The second-order valence-electron chi connectivity index (χ2n) is 5.46. The first kappa shape index (κ1) is 15.1. The average molecular weight is 339 g/mol. The molecule has 1 aromatic carbocycles. The molecule has 2 N–H and O–H groups in total. The Morgan fingerprint density at radius 3 is 2.72 bits per heavy atom. The minimum Gasteiger partial charge on any atom is -0.382 e. The largest absolute Gasteiger partial charge is 0.382 e. The van der Waals surface area contributed by atoms with Crippen molar-refractivity contribution in [2.24, 2.45) is 4.99 Å². The van der Waals surface area contributed by atoms with Gasteiger partial charge in [0.05, 0.1) is 11.3 Å². The Morgan fingerprint density at radius 1 is 1.16 bits per heavy atom. The number of fused-ring (bicyclic) bond motifs is 1. The van der Waals surface area contributed by atoms with E-state index in [1.165, 1.54) is 10.7 Å². The number of hydrogen-bond donors (Lipinski definition) is 1. The van der Waals surface area contributed by atoms with Crippen molar-refractivity contribution in [2.75, 3.05) is 5.73 Å². The molecule has 0 fully saturated rings. The maximum atomic E-state index is 14.1. The maximum absolute atomic E-state index is 14.1. The molecule has 4 rings (SSSR count). The van der Waals surface area contributed by atoms with Crippen LogP contribution >= 0.6 is 0 Å². The fourth-order valence-electron chi connectivity index (χ4n) is 2.72. The lowest BCUT2D eigenvalue weighted by atomic mass is 10.0. The number of pyridine rings is 1. The van der Waals surface area contributed by atoms with E-state index in [-0.39, 0.29) is 23.6 Å². The Morgan fingerprint density at radius 2 is 2.00 bits per heavy atom. The number of nitrogens with zero attached hydrogens (tertiary/aromatic N) is 4. The molecule has 3 aromatic rings. The van der Waals surface area contributed by atoms with Crippen molar-refractivity contribution in [2.45, 2.75) is 6.54 Å². The summed E-state index contributed by atoms with van der Waals surface area (Å²) in [4.78, 5) is 20.8. The van der Waals surface area contributed by atoms with Crippen molar-refractivity contribution >= 4 is 23.1 Å². The first-order valence-corrected chi connectivity index (χ1v) is 7.39. The third-order valence-electron chi connectivity index (χ3n) is 3.84. The molecule has 1 aliphatic rings. The second-order valence-corrected chi connectivity index (χ2v) is 5.46. The number of aliphatic imine (C=N–C) groups is 1. The van der Waals surface area contributed by atoms with E-state index in [9.17, 15) is 13.6 Å². The van der Waals surface area contributed by atoms with Crippen LogP contribution in [0.4, 0.5) is 20.4 Å². The van der Waals surface area contributed by atoms with E-state index < -0.39 is 17.4 Å². The van der Waals surface area contributed by atoms with Gasteiger partial charge in [-0.25, -0.2) is 18.5 Å². The highest BCUT2D eigenvalue weighted by atomic mass is 19.1. The molecule has 0 radical (unpaired) electrons. The molecule has 0 unspecified atom stereocenters. The topological polar surface area (TPSA) is 86.2 Å². The average Bonchev–Trinajstić information content (AvgIpc) is 2.90. The lowest BCUT2D eigenvalue weighted by Gasteiger charge is -2.14. The number of hydrogen-bond acceptors (Lipinski definition) is 5. The molecule has 8 heteroatoms. The zero-order valence-electron chi connectivity index (χ0n) is 12.8. The summed E-state index contributed by atoms with van der Waals surface area (Å²) in [7, 11) is 0. The van der Waals surface area contributed by atoms with E-state index in [0.29, 0.717) is 23.1 Å². The van der Waals surface area contributed by atoms with Crippen LogP contribution in [-0.2, 0) is 11.3 Å². The molecular weight excluding hydrogens is 328 g/mol. The van der Waals surface area contributed by atoms with Gasteiger partial charge in [0, 0.05) is 17.8 Å². The number of carbonyl (C=O) groups is 1. The molecule has 0 aliphatic carbocycles. The molecule has 0 amide bonds. The van der Waals surface area contributed by atoms with Crippen molar-refractivity contribution in [1.29, 1.82) is 0 Å². The van der Waals surface area contributed by atoms with Gasteiger partial charge in [-0.1, -0.05) is 6.07 Å². The van der Waals surface area contributed by atoms with Gasteiger partial charge in [0.25, 0.3) is 0 Å². The van der Waals surface area contributed by atoms with Crippen molar-refractivity contribution in [1.82, 2.24) is 14.8 Å². The van der Waals surface area contributed by atoms with Gasteiger partial charge in [0.1, 0.15) is 23.9 Å². The Balaban J connectivity index is 1.91. The van der Waals surface area contributed by atoms with E-state index in [2.05, 4.69) is 15.1 Å². The SMILES string of the molecule is Nc1nn2c(c1-c1ccccn1)N=C(c1ccc(F)cc1F)C(=O)C2. The van der Waals surface area contributed by atoms with Crippen LogP contribution in [0.3, 0.4) is 0 Å². The number of anilines is 1. The van der Waals surface area contributed by atoms with E-state index in [4.69, 9.17) is 5.73 Å². The van der Waals surface area contributed by atoms with E-state index >= 15 is 0 Å². The van der Waals surface area contributed by atoms with Gasteiger partial charge in [-0.2, -0.15) is 5.10 Å². The van der Waals surface area contributed by atoms with Crippen LogP contribution in [0, 0.1) is 11.6 Å². The molecule has 0 saturated heterocycles. The highest BCUT2D eigenvalue weighted by molar-refractivity contribution is 6.47. The summed E-state index contributed by atoms with van der Waals surface area (Å²) < 4.78 is 28.6. The molecule has 0 saturated carbocycles. The van der Waals surface area contributed by atoms with E-state index in [1.807, 2.05) is 0 Å². The summed E-state index contributed by atoms with van der Waals surface area (Å²) in [6.07, 6.45) is 1.59. The zero-order chi connectivity index (χ0) is 17.6. The van der Waals surface area contributed by atoms with Gasteiger partial charge >= 0.3 is 0 Å². The lowest BCUT2D eigenvalue weighted by molar-refractivity contribution is -0.113. The van der Waals surface area contributed by atoms with Gasteiger partial charge in [-0.3, -0.25) is 9.78 Å². The predicted molar refractivity (Wildman–Crippen MR) is 87.4 cm³/mol. The van der Waals surface area contributed by atoms with Crippen molar-refractivity contribution < 1.29 is 13.6 Å². The minimum absolute atomic E-state index is 0.0654. The summed E-state index contributed by atoms with van der Waals surface area (Å²) in [6.45, 7) is -0.137. The molecule has 124 valence electrons. The standard InChI is InChI=1S/C17H11F2N5O/c18-9-4-5-10(11(19)7-9)15-13(25)8-24-17(22-15)14(16(20)23-24)12-3-1-2-6-21-12/h1-7H,8H2,(H2,20,23). The summed E-state index contributed by atoms with van der Waals surface area (Å²) in [5, 5.41) is 4.12. The molecular formula is C17H11F2N5O. The first-order chi connectivity index (χ1) is 12.0. The lowest BCUT2D eigenvalue weighted by Crippen LogP contribution is -2.26. The molecule has 0 spiro atoms. The van der Waals surface area contributed by atoms with Crippen molar-refractivity contribution in [3.05, 3.63) is 59.8 Å². The molecule has 0 bridgehead atoms. The monoisotopic (exact) mass is 339 g/mol. The minimum atomic E-state index is -0.854. The molecule has 2 aromatic heterocycles. The van der Waals surface area contributed by atoms with Crippen LogP contribution in [0.2, 0.25) is 0 Å². The normalized spacial score (nSPS) is 13.5. The molecule has 1 aliphatic heterocycles. The van der Waals surface area contributed by atoms with E-state index in [0.717, 1.165) is 6.07 Å². The molecule has 25 heavy (non-hydrogen) atoms. The number of nitrogens with two attached hydrogens (primary N) is 1. The highest BCUT2D eigenvalue weighted by Gasteiger charge is 2.29. The summed E-state index contributed by atoms with van der Waals surface area (Å²) in [5.74, 6) is -1.53. The van der Waals surface area contributed by atoms with Gasteiger partial charge in [0.15, 0.2) is 11.6 Å². The number of Topliss-reactive ketones (excluding diaryl/α,β-unsaturated/α-hetero) is 1. The number of carbonyl (C=O) groups excluding carboxylic acids is 1. The molecule has 3 heterocycles. The van der Waals surface area contributed by atoms with Crippen molar-refractivity contribution in [3.8, 4) is 11.3 Å². The van der Waals surface area contributed by atoms with Crippen LogP contribution in [0.25, 0.3) is 11.3 Å². The first-order valence-electron chi connectivity index (χ1n) is 7.39. The van der Waals surface area contributed by atoms with Crippen LogP contribution in [0.5, 0.6) is 0 Å².